The zero-order valence-corrected chi connectivity index (χ0v) is 13.9. The number of hydrogen-bond acceptors (Lipinski definition) is 5. The number of ketones is 1. The maximum Gasteiger partial charge on any atom is 0.294 e. The molecule has 0 aromatic heterocycles. The molecule has 124 valence electrons. The summed E-state index contributed by atoms with van der Waals surface area (Å²) in [6, 6.07) is 9.57. The van der Waals surface area contributed by atoms with Gasteiger partial charge in [-0.05, 0) is 6.42 Å². The minimum atomic E-state index is -0.475. The molecule has 1 aromatic rings. The van der Waals surface area contributed by atoms with Crippen LogP contribution >= 0.6 is 0 Å². The summed E-state index contributed by atoms with van der Waals surface area (Å²) in [4.78, 5) is 27.3. The van der Waals surface area contributed by atoms with E-state index < -0.39 is 6.23 Å². The smallest absolute Gasteiger partial charge is 0.294 e. The topological polar surface area (TPSA) is 49.9 Å². The molecule has 0 spiro atoms. The van der Waals surface area contributed by atoms with Crippen molar-refractivity contribution in [3.63, 3.8) is 0 Å². The average Bonchev–Trinajstić information content (AvgIpc) is 2.55. The molecule has 2 rings (SSSR count). The van der Waals surface area contributed by atoms with Crippen LogP contribution in [0.3, 0.4) is 0 Å². The second kappa shape index (κ2) is 7.92. The summed E-state index contributed by atoms with van der Waals surface area (Å²) in [5.74, 6) is 0.166. The lowest BCUT2D eigenvalue weighted by atomic mass is 9.92. The van der Waals surface area contributed by atoms with Gasteiger partial charge in [0.1, 0.15) is 0 Å². The second-order valence-electron chi connectivity index (χ2n) is 5.88. The summed E-state index contributed by atoms with van der Waals surface area (Å²) in [6.07, 6.45) is 2.61. The summed E-state index contributed by atoms with van der Waals surface area (Å²) in [5, 5.41) is 0. The van der Waals surface area contributed by atoms with Crippen molar-refractivity contribution in [2.24, 2.45) is 0 Å². The van der Waals surface area contributed by atoms with E-state index in [4.69, 9.17) is 4.74 Å². The van der Waals surface area contributed by atoms with Crippen LogP contribution in [0.1, 0.15) is 31.6 Å². The highest BCUT2D eigenvalue weighted by Crippen LogP contribution is 2.32. The molecular formula is C18H24N2O3. The van der Waals surface area contributed by atoms with Crippen molar-refractivity contribution in [1.82, 2.24) is 9.80 Å². The number of Topliss-reactive ketones (excluding diaryl/α,β-unsaturated/α-hetero) is 1. The van der Waals surface area contributed by atoms with E-state index in [0.29, 0.717) is 19.4 Å². The highest BCUT2D eigenvalue weighted by molar-refractivity contribution is 5.97. The first-order valence-electron chi connectivity index (χ1n) is 7.89. The Morgan fingerprint density at radius 3 is 2.61 bits per heavy atom. The Bertz CT molecular complexity index is 569. The number of benzene rings is 1. The van der Waals surface area contributed by atoms with Crippen LogP contribution < -0.4 is 0 Å². The summed E-state index contributed by atoms with van der Waals surface area (Å²) in [7, 11) is 3.81. The minimum absolute atomic E-state index is 0.0659. The van der Waals surface area contributed by atoms with Gasteiger partial charge in [0, 0.05) is 50.4 Å². The Morgan fingerprint density at radius 1 is 1.35 bits per heavy atom. The van der Waals surface area contributed by atoms with Crippen molar-refractivity contribution >= 4 is 12.3 Å². The van der Waals surface area contributed by atoms with Crippen LogP contribution in [0.25, 0.3) is 0 Å². The predicted molar refractivity (Wildman–Crippen MR) is 88.5 cm³/mol. The third-order valence-corrected chi connectivity index (χ3v) is 4.03. The van der Waals surface area contributed by atoms with E-state index in [0.717, 1.165) is 17.6 Å². The third kappa shape index (κ3) is 3.99. The third-order valence-electron chi connectivity index (χ3n) is 4.03. The maximum absolute atomic E-state index is 12.3. The van der Waals surface area contributed by atoms with E-state index in [1.54, 1.807) is 0 Å². The molecule has 0 amide bonds. The zero-order valence-electron chi connectivity index (χ0n) is 13.9. The van der Waals surface area contributed by atoms with Crippen LogP contribution in [-0.2, 0) is 14.3 Å². The standard InChI is InChI=1S/C18H24N2O3/c1-4-16-15(12-19(2)3)17(22)10-11-20(16)18(23-13-21)14-8-6-5-7-9-14/h5-9,12-13,16,18H,4,10-11H2,1-3H3. The molecular weight excluding hydrogens is 292 g/mol. The molecule has 2 unspecified atom stereocenters. The van der Waals surface area contributed by atoms with Crippen molar-refractivity contribution in [2.45, 2.75) is 32.0 Å². The summed E-state index contributed by atoms with van der Waals surface area (Å²) in [6.45, 7) is 3.11. The van der Waals surface area contributed by atoms with Crippen molar-refractivity contribution in [2.75, 3.05) is 20.6 Å². The lowest BCUT2D eigenvalue weighted by Crippen LogP contribution is -2.47. The van der Waals surface area contributed by atoms with Gasteiger partial charge in [-0.2, -0.15) is 0 Å². The molecule has 23 heavy (non-hydrogen) atoms. The largest absolute Gasteiger partial charge is 0.444 e. The number of carbonyl (C=O) groups excluding carboxylic acids is 2. The summed E-state index contributed by atoms with van der Waals surface area (Å²) < 4.78 is 5.38. The zero-order chi connectivity index (χ0) is 16.8. The quantitative estimate of drug-likeness (QED) is 0.596. The van der Waals surface area contributed by atoms with Gasteiger partial charge in [-0.1, -0.05) is 37.3 Å². The van der Waals surface area contributed by atoms with Crippen LogP contribution in [-0.4, -0.2) is 48.7 Å². The van der Waals surface area contributed by atoms with Gasteiger partial charge in [0.25, 0.3) is 6.47 Å². The summed E-state index contributed by atoms with van der Waals surface area (Å²) in [5.41, 5.74) is 1.69. The van der Waals surface area contributed by atoms with E-state index in [1.807, 2.05) is 62.5 Å². The number of rotatable bonds is 6. The molecule has 0 N–H and O–H groups in total. The fourth-order valence-corrected chi connectivity index (χ4v) is 3.09. The maximum atomic E-state index is 12.3. The van der Waals surface area contributed by atoms with Gasteiger partial charge >= 0.3 is 0 Å². The van der Waals surface area contributed by atoms with E-state index in [2.05, 4.69) is 4.90 Å². The molecule has 1 fully saturated rings. The van der Waals surface area contributed by atoms with Gasteiger partial charge in [-0.15, -0.1) is 0 Å². The molecule has 1 heterocycles. The van der Waals surface area contributed by atoms with Crippen LogP contribution in [0.4, 0.5) is 0 Å². The highest BCUT2D eigenvalue weighted by atomic mass is 16.5. The number of likely N-dealkylation sites (tertiary alicyclic amines) is 1. The molecule has 1 aromatic carbocycles. The van der Waals surface area contributed by atoms with Crippen molar-refractivity contribution < 1.29 is 14.3 Å². The number of nitrogens with zero attached hydrogens (tertiary/aromatic N) is 2. The van der Waals surface area contributed by atoms with E-state index in [1.165, 1.54) is 0 Å². The first-order valence-corrected chi connectivity index (χ1v) is 7.89. The van der Waals surface area contributed by atoms with Crippen molar-refractivity contribution in [3.05, 3.63) is 47.7 Å². The molecule has 5 nitrogen and oxygen atoms in total. The SMILES string of the molecule is CCC1C(=CN(C)C)C(=O)CCN1C(OC=O)c1ccccc1. The van der Waals surface area contributed by atoms with Gasteiger partial charge < -0.3 is 9.64 Å². The van der Waals surface area contributed by atoms with E-state index in [9.17, 15) is 9.59 Å². The van der Waals surface area contributed by atoms with Crippen LogP contribution in [0.5, 0.6) is 0 Å². The van der Waals surface area contributed by atoms with Crippen molar-refractivity contribution in [1.29, 1.82) is 0 Å². The molecule has 0 radical (unpaired) electrons. The average molecular weight is 316 g/mol. The molecule has 1 aliphatic rings. The number of piperidine rings is 1. The summed E-state index contributed by atoms with van der Waals surface area (Å²) >= 11 is 0. The van der Waals surface area contributed by atoms with E-state index in [-0.39, 0.29) is 11.8 Å². The first-order chi connectivity index (χ1) is 11.1. The number of hydrogen-bond donors (Lipinski definition) is 0. The fourth-order valence-electron chi connectivity index (χ4n) is 3.09. The first kappa shape index (κ1) is 17.2. The monoisotopic (exact) mass is 316 g/mol. The fraction of sp³-hybridized carbons (Fsp3) is 0.444. The van der Waals surface area contributed by atoms with Gasteiger partial charge in [-0.25, -0.2) is 0 Å². The molecule has 2 atom stereocenters. The Kier molecular flexibility index (Phi) is 5.93. The van der Waals surface area contributed by atoms with Gasteiger partial charge in [0.05, 0.1) is 0 Å². The molecule has 5 heteroatoms. The second-order valence-corrected chi connectivity index (χ2v) is 5.88. The van der Waals surface area contributed by atoms with Crippen molar-refractivity contribution in [3.8, 4) is 0 Å². The predicted octanol–water partition coefficient (Wildman–Crippen LogP) is 2.36. The van der Waals surface area contributed by atoms with Crippen LogP contribution in [0.15, 0.2) is 42.1 Å². The number of ether oxygens (including phenoxy) is 1. The lowest BCUT2D eigenvalue weighted by Gasteiger charge is -2.40. The molecule has 1 aliphatic heterocycles. The van der Waals surface area contributed by atoms with Gasteiger partial charge in [0.2, 0.25) is 0 Å². The normalized spacial score (nSPS) is 22.0. The lowest BCUT2D eigenvalue weighted by molar-refractivity contribution is -0.148. The van der Waals surface area contributed by atoms with Crippen LogP contribution in [0.2, 0.25) is 0 Å². The molecule has 0 aliphatic carbocycles. The van der Waals surface area contributed by atoms with Crippen LogP contribution in [0, 0.1) is 0 Å². The highest BCUT2D eigenvalue weighted by Gasteiger charge is 2.36. The Morgan fingerprint density at radius 2 is 2.04 bits per heavy atom. The molecule has 0 saturated carbocycles. The van der Waals surface area contributed by atoms with E-state index >= 15 is 0 Å². The molecule has 1 saturated heterocycles. The molecule has 0 bridgehead atoms. The minimum Gasteiger partial charge on any atom is -0.444 e. The number of carbonyl (C=O) groups is 2. The Balaban J connectivity index is 2.37. The van der Waals surface area contributed by atoms with Gasteiger partial charge in [0.15, 0.2) is 12.0 Å². The Labute approximate surface area is 137 Å². The Hall–Kier alpha value is -2.14. The van der Waals surface area contributed by atoms with Gasteiger partial charge in [-0.3, -0.25) is 14.5 Å².